The van der Waals surface area contributed by atoms with E-state index in [1.807, 2.05) is 0 Å². The van der Waals surface area contributed by atoms with E-state index < -0.39 is 0 Å². The van der Waals surface area contributed by atoms with Crippen LogP contribution < -0.4 is 10.6 Å². The van der Waals surface area contributed by atoms with Gasteiger partial charge in [0.2, 0.25) is 11.8 Å². The van der Waals surface area contributed by atoms with Crippen molar-refractivity contribution >= 4 is 11.8 Å². The number of aromatic amines is 1. The van der Waals surface area contributed by atoms with Gasteiger partial charge >= 0.3 is 0 Å². The van der Waals surface area contributed by atoms with Crippen LogP contribution in [-0.4, -0.2) is 45.0 Å². The van der Waals surface area contributed by atoms with Crippen LogP contribution in [0.1, 0.15) is 63.6 Å². The molecule has 0 atom stereocenters. The molecule has 0 saturated heterocycles. The molecule has 8 nitrogen and oxygen atoms in total. The second-order valence-electron chi connectivity index (χ2n) is 6.04. The number of aromatic nitrogens is 4. The molecule has 23 heavy (non-hydrogen) atoms. The first-order valence-corrected chi connectivity index (χ1v) is 8.52. The van der Waals surface area contributed by atoms with E-state index in [1.54, 1.807) is 0 Å². The molecule has 0 spiro atoms. The predicted octanol–water partition coefficient (Wildman–Crippen LogP) is 0.868. The van der Waals surface area contributed by atoms with Crippen LogP contribution in [-0.2, 0) is 16.0 Å². The molecule has 1 aliphatic carbocycles. The maximum atomic E-state index is 11.9. The minimum atomic E-state index is -0.0888. The van der Waals surface area contributed by atoms with Crippen molar-refractivity contribution in [1.29, 1.82) is 0 Å². The standard InChI is InChI=1S/C15H26N6O2/c22-14(16-11-5-8-13-18-20-21-19-13)9-10-15(23)17-12-6-3-1-2-4-7-12/h12H,1-11H2,(H,16,22)(H,17,23)(H,18,19,20,21). The highest BCUT2D eigenvalue weighted by Gasteiger charge is 2.15. The maximum absolute atomic E-state index is 11.9. The molecule has 1 saturated carbocycles. The normalized spacial score (nSPS) is 15.8. The van der Waals surface area contributed by atoms with Gasteiger partial charge in [-0.3, -0.25) is 9.59 Å². The molecule has 2 amide bonds. The number of nitrogens with one attached hydrogen (secondary N) is 3. The second kappa shape index (κ2) is 9.91. The van der Waals surface area contributed by atoms with Crippen LogP contribution in [0.3, 0.4) is 0 Å². The van der Waals surface area contributed by atoms with Crippen molar-refractivity contribution in [3.63, 3.8) is 0 Å². The molecule has 128 valence electrons. The molecule has 1 aromatic rings. The Labute approximate surface area is 136 Å². The number of hydrogen-bond donors (Lipinski definition) is 3. The summed E-state index contributed by atoms with van der Waals surface area (Å²) < 4.78 is 0. The Morgan fingerprint density at radius 2 is 1.83 bits per heavy atom. The summed E-state index contributed by atoms with van der Waals surface area (Å²) in [6, 6.07) is 0.294. The minimum Gasteiger partial charge on any atom is -0.356 e. The van der Waals surface area contributed by atoms with Crippen molar-refractivity contribution in [2.45, 2.75) is 70.3 Å². The lowest BCUT2D eigenvalue weighted by Crippen LogP contribution is -2.35. The fourth-order valence-electron chi connectivity index (χ4n) is 2.80. The molecule has 0 radical (unpaired) electrons. The molecule has 1 heterocycles. The van der Waals surface area contributed by atoms with Gasteiger partial charge in [-0.2, -0.15) is 5.21 Å². The van der Waals surface area contributed by atoms with E-state index in [-0.39, 0.29) is 24.7 Å². The summed E-state index contributed by atoms with van der Waals surface area (Å²) in [4.78, 5) is 23.6. The van der Waals surface area contributed by atoms with E-state index >= 15 is 0 Å². The largest absolute Gasteiger partial charge is 0.356 e. The molecule has 0 aromatic carbocycles. The number of hydrogen-bond acceptors (Lipinski definition) is 5. The molecule has 1 aromatic heterocycles. The van der Waals surface area contributed by atoms with E-state index in [0.717, 1.165) is 19.3 Å². The molecule has 0 unspecified atom stereocenters. The zero-order chi connectivity index (χ0) is 16.3. The highest BCUT2D eigenvalue weighted by atomic mass is 16.2. The molecule has 1 aliphatic rings. The Morgan fingerprint density at radius 1 is 1.09 bits per heavy atom. The number of carbonyl (C=O) groups excluding carboxylic acids is 2. The number of amides is 2. The number of rotatable bonds is 8. The smallest absolute Gasteiger partial charge is 0.220 e. The van der Waals surface area contributed by atoms with Crippen LogP contribution >= 0.6 is 0 Å². The summed E-state index contributed by atoms with van der Waals surface area (Å²) in [7, 11) is 0. The van der Waals surface area contributed by atoms with Gasteiger partial charge in [0.05, 0.1) is 0 Å². The van der Waals surface area contributed by atoms with Crippen molar-refractivity contribution < 1.29 is 9.59 Å². The molecule has 8 heteroatoms. The molecule has 0 bridgehead atoms. The van der Waals surface area contributed by atoms with E-state index in [4.69, 9.17) is 0 Å². The predicted molar refractivity (Wildman–Crippen MR) is 84.4 cm³/mol. The zero-order valence-electron chi connectivity index (χ0n) is 13.5. The molecule has 0 aliphatic heterocycles. The number of H-pyrrole nitrogens is 1. The van der Waals surface area contributed by atoms with Gasteiger partial charge in [0.15, 0.2) is 5.82 Å². The van der Waals surface area contributed by atoms with Gasteiger partial charge < -0.3 is 10.6 Å². The Hall–Kier alpha value is -1.99. The number of carbonyl (C=O) groups is 2. The minimum absolute atomic E-state index is 0.0150. The topological polar surface area (TPSA) is 113 Å². The molecule has 2 rings (SSSR count). The van der Waals surface area contributed by atoms with E-state index in [9.17, 15) is 9.59 Å². The van der Waals surface area contributed by atoms with Gasteiger partial charge in [0.1, 0.15) is 0 Å². The lowest BCUT2D eigenvalue weighted by atomic mass is 10.1. The summed E-state index contributed by atoms with van der Waals surface area (Å²) in [5.74, 6) is 0.537. The summed E-state index contributed by atoms with van der Waals surface area (Å²) in [5, 5.41) is 19.4. The van der Waals surface area contributed by atoms with Crippen molar-refractivity contribution in [2.24, 2.45) is 0 Å². The Bertz CT molecular complexity index is 468. The average Bonchev–Trinajstić information content (AvgIpc) is 2.93. The lowest BCUT2D eigenvalue weighted by molar-refractivity contribution is -0.126. The van der Waals surface area contributed by atoms with Crippen LogP contribution in [0.15, 0.2) is 0 Å². The first-order valence-electron chi connectivity index (χ1n) is 8.52. The van der Waals surface area contributed by atoms with E-state index in [0.29, 0.717) is 24.8 Å². The van der Waals surface area contributed by atoms with Gasteiger partial charge in [0, 0.05) is 31.8 Å². The third-order valence-corrected chi connectivity index (χ3v) is 4.09. The van der Waals surface area contributed by atoms with Crippen LogP contribution in [0.25, 0.3) is 0 Å². The molecular formula is C15H26N6O2. The monoisotopic (exact) mass is 322 g/mol. The van der Waals surface area contributed by atoms with Crippen LogP contribution in [0, 0.1) is 0 Å². The SMILES string of the molecule is O=C(CCC(=O)NC1CCCCCC1)NCCCc1nn[nH]n1. The van der Waals surface area contributed by atoms with Crippen molar-refractivity contribution in [3.8, 4) is 0 Å². The molecule has 1 fully saturated rings. The number of nitrogens with zero attached hydrogens (tertiary/aromatic N) is 3. The number of tetrazole rings is 1. The van der Waals surface area contributed by atoms with Crippen molar-refractivity contribution in [2.75, 3.05) is 6.54 Å². The first kappa shape index (κ1) is 17.4. The molecule has 3 N–H and O–H groups in total. The Balaban J connectivity index is 1.52. The lowest BCUT2D eigenvalue weighted by Gasteiger charge is -2.16. The zero-order valence-corrected chi connectivity index (χ0v) is 13.5. The van der Waals surface area contributed by atoms with E-state index in [1.165, 1.54) is 25.7 Å². The third kappa shape index (κ3) is 7.21. The summed E-state index contributed by atoms with van der Waals surface area (Å²) in [6.45, 7) is 0.553. The number of aryl methyl sites for hydroxylation is 1. The van der Waals surface area contributed by atoms with Crippen LogP contribution in [0.5, 0.6) is 0 Å². The maximum Gasteiger partial charge on any atom is 0.220 e. The second-order valence-corrected chi connectivity index (χ2v) is 6.04. The van der Waals surface area contributed by atoms with Gasteiger partial charge in [0.25, 0.3) is 0 Å². The highest BCUT2D eigenvalue weighted by molar-refractivity contribution is 5.83. The fourth-order valence-corrected chi connectivity index (χ4v) is 2.80. The summed E-state index contributed by atoms with van der Waals surface area (Å²) >= 11 is 0. The highest BCUT2D eigenvalue weighted by Crippen LogP contribution is 2.17. The third-order valence-electron chi connectivity index (χ3n) is 4.09. The summed E-state index contributed by atoms with van der Waals surface area (Å²) in [6.07, 6.45) is 8.93. The van der Waals surface area contributed by atoms with Gasteiger partial charge in [-0.05, 0) is 19.3 Å². The average molecular weight is 322 g/mol. The van der Waals surface area contributed by atoms with Gasteiger partial charge in [-0.15, -0.1) is 10.2 Å². The quantitative estimate of drug-likeness (QED) is 0.485. The molecular weight excluding hydrogens is 296 g/mol. The Kier molecular flexibility index (Phi) is 7.48. The van der Waals surface area contributed by atoms with Crippen LogP contribution in [0.2, 0.25) is 0 Å². The Morgan fingerprint density at radius 3 is 2.52 bits per heavy atom. The first-order chi connectivity index (χ1) is 11.2. The fraction of sp³-hybridized carbons (Fsp3) is 0.800. The van der Waals surface area contributed by atoms with Crippen molar-refractivity contribution in [1.82, 2.24) is 31.3 Å². The van der Waals surface area contributed by atoms with Gasteiger partial charge in [-0.25, -0.2) is 0 Å². The van der Waals surface area contributed by atoms with Crippen molar-refractivity contribution in [3.05, 3.63) is 5.82 Å². The van der Waals surface area contributed by atoms with Crippen LogP contribution in [0.4, 0.5) is 0 Å². The van der Waals surface area contributed by atoms with E-state index in [2.05, 4.69) is 31.3 Å². The summed E-state index contributed by atoms with van der Waals surface area (Å²) in [5.41, 5.74) is 0. The van der Waals surface area contributed by atoms with Gasteiger partial charge in [-0.1, -0.05) is 30.9 Å².